The zero-order valence-electron chi connectivity index (χ0n) is 11.8. The summed E-state index contributed by atoms with van der Waals surface area (Å²) >= 11 is 0. The smallest absolute Gasteiger partial charge is 0.237 e. The van der Waals surface area contributed by atoms with Gasteiger partial charge in [0.1, 0.15) is 11.5 Å². The van der Waals surface area contributed by atoms with Gasteiger partial charge in [0.05, 0.1) is 6.04 Å². The molecule has 0 aliphatic carbocycles. The third-order valence-corrected chi connectivity index (χ3v) is 2.91. The Bertz CT molecular complexity index is 414. The van der Waals surface area contributed by atoms with Crippen molar-refractivity contribution in [3.63, 3.8) is 0 Å². The molecule has 3 N–H and O–H groups in total. The Hall–Kier alpha value is -1.88. The van der Waals surface area contributed by atoms with Crippen LogP contribution in [0.2, 0.25) is 0 Å². The fraction of sp³-hybridized carbons (Fsp3) is 0.467. The molecule has 1 aliphatic rings. The van der Waals surface area contributed by atoms with E-state index >= 15 is 0 Å². The molecular weight excluding hydrogens is 256 g/mol. The molecule has 0 bridgehead atoms. The second kappa shape index (κ2) is 9.09. The number of carbonyl (C=O) groups is 2. The quantitative estimate of drug-likeness (QED) is 0.774. The van der Waals surface area contributed by atoms with Crippen LogP contribution >= 0.6 is 0 Å². The molecular formula is C15H22N2O3. The van der Waals surface area contributed by atoms with Crippen molar-refractivity contribution in [2.24, 2.45) is 0 Å². The van der Waals surface area contributed by atoms with Crippen molar-refractivity contribution < 1.29 is 14.7 Å². The maximum absolute atomic E-state index is 11.3. The molecule has 1 aliphatic heterocycles. The van der Waals surface area contributed by atoms with E-state index in [1.807, 2.05) is 6.07 Å². The lowest BCUT2D eigenvalue weighted by molar-refractivity contribution is -0.123. The van der Waals surface area contributed by atoms with E-state index in [4.69, 9.17) is 5.11 Å². The lowest BCUT2D eigenvalue weighted by atomic mass is 10.2. The molecule has 1 atom stereocenters. The monoisotopic (exact) mass is 278 g/mol. The first kappa shape index (κ1) is 16.2. The van der Waals surface area contributed by atoms with Crippen LogP contribution in [0.1, 0.15) is 26.2 Å². The van der Waals surface area contributed by atoms with Crippen molar-refractivity contribution in [2.45, 2.75) is 32.2 Å². The van der Waals surface area contributed by atoms with Gasteiger partial charge < -0.3 is 15.7 Å². The van der Waals surface area contributed by atoms with Crippen molar-refractivity contribution in [2.75, 3.05) is 13.1 Å². The molecule has 1 amide bonds. The van der Waals surface area contributed by atoms with Crippen LogP contribution < -0.4 is 10.6 Å². The Morgan fingerprint density at radius 1 is 1.35 bits per heavy atom. The molecule has 1 fully saturated rings. The number of phenols is 1. The fourth-order valence-electron chi connectivity index (χ4n) is 1.82. The van der Waals surface area contributed by atoms with E-state index in [0.717, 1.165) is 19.4 Å². The van der Waals surface area contributed by atoms with E-state index < -0.39 is 0 Å². The minimum absolute atomic E-state index is 0.0266. The molecule has 0 radical (unpaired) electrons. The topological polar surface area (TPSA) is 78.4 Å². The molecule has 5 nitrogen and oxygen atoms in total. The number of carbonyl (C=O) groups excluding carboxylic acids is 2. The number of hydrogen-bond acceptors (Lipinski definition) is 4. The molecule has 1 aromatic rings. The summed E-state index contributed by atoms with van der Waals surface area (Å²) in [6.45, 7) is 2.91. The Labute approximate surface area is 119 Å². The van der Waals surface area contributed by atoms with Crippen molar-refractivity contribution in [3.05, 3.63) is 30.3 Å². The van der Waals surface area contributed by atoms with Gasteiger partial charge in [0.25, 0.3) is 0 Å². The van der Waals surface area contributed by atoms with Crippen LogP contribution in [-0.2, 0) is 9.59 Å². The van der Waals surface area contributed by atoms with Gasteiger partial charge in [0.15, 0.2) is 0 Å². The van der Waals surface area contributed by atoms with Crippen LogP contribution in [0, 0.1) is 0 Å². The van der Waals surface area contributed by atoms with Crippen molar-refractivity contribution in [1.82, 2.24) is 10.6 Å². The number of nitrogens with one attached hydrogen (secondary N) is 2. The Kier molecular flexibility index (Phi) is 7.35. The number of ketones is 1. The zero-order chi connectivity index (χ0) is 14.8. The molecule has 0 spiro atoms. The van der Waals surface area contributed by atoms with Crippen molar-refractivity contribution in [3.8, 4) is 5.75 Å². The molecule has 1 heterocycles. The van der Waals surface area contributed by atoms with Crippen LogP contribution in [0.15, 0.2) is 30.3 Å². The first-order valence-corrected chi connectivity index (χ1v) is 6.84. The molecule has 20 heavy (non-hydrogen) atoms. The number of amides is 1. The second-order valence-electron chi connectivity index (χ2n) is 4.73. The third-order valence-electron chi connectivity index (χ3n) is 2.91. The summed E-state index contributed by atoms with van der Waals surface area (Å²) in [4.78, 5) is 21.9. The number of Topliss-reactive ketones (excluding diaryl/α,β-unsaturated/α-hetero) is 1. The number of benzene rings is 1. The van der Waals surface area contributed by atoms with Gasteiger partial charge >= 0.3 is 0 Å². The molecule has 110 valence electrons. The van der Waals surface area contributed by atoms with Crippen LogP contribution in [0.4, 0.5) is 0 Å². The normalized spacial score (nSPS) is 16.9. The molecule has 1 unspecified atom stereocenters. The highest BCUT2D eigenvalue weighted by molar-refractivity contribution is 5.83. The minimum atomic E-state index is -0.0352. The second-order valence-corrected chi connectivity index (χ2v) is 4.73. The maximum atomic E-state index is 11.3. The first-order chi connectivity index (χ1) is 9.59. The zero-order valence-corrected chi connectivity index (χ0v) is 11.8. The van der Waals surface area contributed by atoms with Crippen LogP contribution in [0.3, 0.4) is 0 Å². The van der Waals surface area contributed by atoms with Crippen LogP contribution in [0.5, 0.6) is 5.75 Å². The van der Waals surface area contributed by atoms with Gasteiger partial charge in [0.2, 0.25) is 5.91 Å². The third kappa shape index (κ3) is 6.89. The Morgan fingerprint density at radius 2 is 2.05 bits per heavy atom. The Balaban J connectivity index is 0.000000240. The fourth-order valence-corrected chi connectivity index (χ4v) is 1.82. The molecule has 1 saturated heterocycles. The highest BCUT2D eigenvalue weighted by Crippen LogP contribution is 2.04. The van der Waals surface area contributed by atoms with E-state index in [1.165, 1.54) is 6.92 Å². The summed E-state index contributed by atoms with van der Waals surface area (Å²) in [5.41, 5.74) is 0. The molecule has 2 rings (SSSR count). The Morgan fingerprint density at radius 3 is 2.50 bits per heavy atom. The van der Waals surface area contributed by atoms with E-state index in [9.17, 15) is 9.59 Å². The van der Waals surface area contributed by atoms with E-state index in [0.29, 0.717) is 18.7 Å². The number of hydrogen-bond donors (Lipinski definition) is 3. The molecule has 1 aromatic carbocycles. The minimum Gasteiger partial charge on any atom is -0.508 e. The summed E-state index contributed by atoms with van der Waals surface area (Å²) in [6.07, 6.45) is 2.40. The molecule has 0 saturated carbocycles. The van der Waals surface area contributed by atoms with Gasteiger partial charge in [0, 0.05) is 13.0 Å². The summed E-state index contributed by atoms with van der Waals surface area (Å²) in [5.74, 6) is 0.459. The van der Waals surface area contributed by atoms with E-state index in [1.54, 1.807) is 24.3 Å². The van der Waals surface area contributed by atoms with Crippen molar-refractivity contribution in [1.29, 1.82) is 0 Å². The van der Waals surface area contributed by atoms with Gasteiger partial charge in [-0.05, 0) is 38.4 Å². The lowest BCUT2D eigenvalue weighted by Crippen LogP contribution is -2.41. The van der Waals surface area contributed by atoms with Gasteiger partial charge in [-0.15, -0.1) is 0 Å². The predicted octanol–water partition coefficient (Wildman–Crippen LogP) is 1.23. The van der Waals surface area contributed by atoms with Gasteiger partial charge in [-0.3, -0.25) is 9.59 Å². The summed E-state index contributed by atoms with van der Waals surface area (Å²) in [7, 11) is 0. The number of aromatic hydroxyl groups is 1. The van der Waals surface area contributed by atoms with Gasteiger partial charge in [-0.2, -0.15) is 0 Å². The highest BCUT2D eigenvalue weighted by atomic mass is 16.3. The van der Waals surface area contributed by atoms with E-state index in [-0.39, 0.29) is 17.7 Å². The van der Waals surface area contributed by atoms with E-state index in [2.05, 4.69) is 10.6 Å². The average Bonchev–Trinajstić information content (AvgIpc) is 2.94. The van der Waals surface area contributed by atoms with Crippen LogP contribution in [0.25, 0.3) is 0 Å². The summed E-state index contributed by atoms with van der Waals surface area (Å²) in [6, 6.07) is 8.68. The highest BCUT2D eigenvalue weighted by Gasteiger charge is 2.21. The predicted molar refractivity (Wildman–Crippen MR) is 77.4 cm³/mol. The first-order valence-electron chi connectivity index (χ1n) is 6.84. The number of rotatable bonds is 4. The van der Waals surface area contributed by atoms with Gasteiger partial charge in [-0.25, -0.2) is 0 Å². The molecule has 0 aromatic heterocycles. The van der Waals surface area contributed by atoms with Crippen molar-refractivity contribution >= 4 is 11.7 Å². The summed E-state index contributed by atoms with van der Waals surface area (Å²) in [5, 5.41) is 14.5. The SMILES string of the molecule is CC(=O)CCNC(=O)C1CCCN1.Oc1ccccc1. The average molecular weight is 278 g/mol. The lowest BCUT2D eigenvalue weighted by Gasteiger charge is -2.09. The maximum Gasteiger partial charge on any atom is 0.237 e. The summed E-state index contributed by atoms with van der Waals surface area (Å²) < 4.78 is 0. The van der Waals surface area contributed by atoms with Gasteiger partial charge in [-0.1, -0.05) is 18.2 Å². The molecule has 5 heteroatoms. The number of para-hydroxylation sites is 1. The number of phenolic OH excluding ortho intramolecular Hbond substituents is 1. The largest absolute Gasteiger partial charge is 0.508 e. The van der Waals surface area contributed by atoms with Crippen LogP contribution in [-0.4, -0.2) is 35.9 Å². The standard InChI is InChI=1S/C9H16N2O2.C6H6O/c1-7(12)4-6-11-9(13)8-3-2-5-10-8;7-6-4-2-1-3-5-6/h8,10H,2-6H2,1H3,(H,11,13);1-5,7H.